The topological polar surface area (TPSA) is 47.6 Å². The second-order valence-corrected chi connectivity index (χ2v) is 7.11. The summed E-state index contributed by atoms with van der Waals surface area (Å²) in [5.41, 5.74) is 2.91. The first-order chi connectivity index (χ1) is 12.3. The van der Waals surface area contributed by atoms with Gasteiger partial charge in [0.05, 0.1) is 7.11 Å². The molecule has 0 saturated heterocycles. The molecule has 0 radical (unpaired) electrons. The van der Waals surface area contributed by atoms with Crippen LogP contribution >= 0.6 is 0 Å². The molecule has 0 bridgehead atoms. The number of nitrogens with one attached hydrogen (secondary N) is 1. The van der Waals surface area contributed by atoms with E-state index in [4.69, 9.17) is 9.47 Å². The second kappa shape index (κ2) is 8.56. The average molecular weight is 353 g/mol. The SMILES string of the molecule is C=CCc1ccc(OCC(=O)Nc2ccccc2C(C)(C)C)c(OC)c1. The van der Waals surface area contributed by atoms with Crippen LogP contribution in [0.25, 0.3) is 0 Å². The number of para-hydroxylation sites is 1. The summed E-state index contributed by atoms with van der Waals surface area (Å²) < 4.78 is 11.0. The number of hydrogen-bond acceptors (Lipinski definition) is 3. The number of hydrogen-bond donors (Lipinski definition) is 1. The van der Waals surface area contributed by atoms with Crippen molar-refractivity contribution in [3.8, 4) is 11.5 Å². The van der Waals surface area contributed by atoms with E-state index in [9.17, 15) is 4.79 Å². The van der Waals surface area contributed by atoms with Gasteiger partial charge in [0.25, 0.3) is 5.91 Å². The van der Waals surface area contributed by atoms with Gasteiger partial charge in [0, 0.05) is 5.69 Å². The molecule has 0 aromatic heterocycles. The Morgan fingerprint density at radius 2 is 1.88 bits per heavy atom. The van der Waals surface area contributed by atoms with Gasteiger partial charge in [-0.2, -0.15) is 0 Å². The molecular weight excluding hydrogens is 326 g/mol. The highest BCUT2D eigenvalue weighted by molar-refractivity contribution is 5.92. The van der Waals surface area contributed by atoms with Crippen LogP contribution in [0, 0.1) is 0 Å². The lowest BCUT2D eigenvalue weighted by molar-refractivity contribution is -0.118. The minimum atomic E-state index is -0.209. The molecule has 4 heteroatoms. The van der Waals surface area contributed by atoms with E-state index in [1.54, 1.807) is 7.11 Å². The summed E-state index contributed by atoms with van der Waals surface area (Å²) in [6.45, 7) is 9.99. The van der Waals surface area contributed by atoms with Crippen LogP contribution < -0.4 is 14.8 Å². The van der Waals surface area contributed by atoms with Crippen LogP contribution in [0.3, 0.4) is 0 Å². The van der Waals surface area contributed by atoms with Crippen molar-refractivity contribution in [2.24, 2.45) is 0 Å². The first kappa shape index (κ1) is 19.6. The van der Waals surface area contributed by atoms with Gasteiger partial charge in [0.2, 0.25) is 0 Å². The Morgan fingerprint density at radius 1 is 1.15 bits per heavy atom. The molecule has 0 saturated carbocycles. The highest BCUT2D eigenvalue weighted by Crippen LogP contribution is 2.30. The molecule has 0 fully saturated rings. The summed E-state index contributed by atoms with van der Waals surface area (Å²) in [6.07, 6.45) is 2.58. The lowest BCUT2D eigenvalue weighted by Crippen LogP contribution is -2.23. The van der Waals surface area contributed by atoms with Crippen molar-refractivity contribution in [2.75, 3.05) is 19.0 Å². The van der Waals surface area contributed by atoms with Crippen molar-refractivity contribution in [2.45, 2.75) is 32.6 Å². The van der Waals surface area contributed by atoms with E-state index in [0.717, 1.165) is 23.2 Å². The zero-order valence-electron chi connectivity index (χ0n) is 16.0. The summed E-state index contributed by atoms with van der Waals surface area (Å²) in [5.74, 6) is 0.936. The Balaban J connectivity index is 2.05. The molecule has 0 aliphatic heterocycles. The van der Waals surface area contributed by atoms with Gasteiger partial charge in [-0.3, -0.25) is 4.79 Å². The highest BCUT2D eigenvalue weighted by Gasteiger charge is 2.18. The number of methoxy groups -OCH3 is 1. The predicted octanol–water partition coefficient (Wildman–Crippen LogP) is 4.74. The van der Waals surface area contributed by atoms with E-state index >= 15 is 0 Å². The molecule has 0 unspecified atom stereocenters. The molecule has 2 rings (SSSR count). The van der Waals surface area contributed by atoms with E-state index in [1.165, 1.54) is 0 Å². The van der Waals surface area contributed by atoms with Crippen LogP contribution in [0.15, 0.2) is 55.1 Å². The first-order valence-corrected chi connectivity index (χ1v) is 8.65. The molecule has 0 atom stereocenters. The minimum Gasteiger partial charge on any atom is -0.493 e. The molecule has 2 aromatic rings. The number of amides is 1. The van der Waals surface area contributed by atoms with Gasteiger partial charge in [0.1, 0.15) is 0 Å². The van der Waals surface area contributed by atoms with Crippen LogP contribution in [0.1, 0.15) is 31.9 Å². The summed E-state index contributed by atoms with van der Waals surface area (Å²) in [6, 6.07) is 13.5. The number of benzene rings is 2. The molecule has 1 N–H and O–H groups in total. The van der Waals surface area contributed by atoms with Crippen molar-refractivity contribution < 1.29 is 14.3 Å². The molecular formula is C22H27NO3. The number of rotatable bonds is 7. The minimum absolute atomic E-state index is 0.0606. The van der Waals surface area contributed by atoms with Crippen molar-refractivity contribution >= 4 is 11.6 Å². The maximum Gasteiger partial charge on any atom is 0.262 e. The van der Waals surface area contributed by atoms with E-state index in [1.807, 2.05) is 48.5 Å². The highest BCUT2D eigenvalue weighted by atomic mass is 16.5. The first-order valence-electron chi connectivity index (χ1n) is 8.65. The second-order valence-electron chi connectivity index (χ2n) is 7.11. The molecule has 0 aliphatic rings. The van der Waals surface area contributed by atoms with Crippen molar-refractivity contribution in [1.82, 2.24) is 0 Å². The summed E-state index contributed by atoms with van der Waals surface area (Å²) in [5, 5.41) is 2.94. The third-order valence-electron chi connectivity index (χ3n) is 3.98. The molecule has 2 aromatic carbocycles. The lowest BCUT2D eigenvalue weighted by atomic mass is 9.86. The Labute approximate surface area is 155 Å². The third-order valence-corrected chi connectivity index (χ3v) is 3.98. The number of allylic oxidation sites excluding steroid dienone is 1. The normalized spacial score (nSPS) is 10.9. The smallest absolute Gasteiger partial charge is 0.262 e. The zero-order valence-corrected chi connectivity index (χ0v) is 16.0. The number of carbonyl (C=O) groups excluding carboxylic acids is 1. The number of anilines is 1. The summed E-state index contributed by atoms with van der Waals surface area (Å²) in [7, 11) is 1.58. The van der Waals surface area contributed by atoms with Crippen LogP contribution in [-0.2, 0) is 16.6 Å². The quantitative estimate of drug-likeness (QED) is 0.732. The fraction of sp³-hybridized carbons (Fsp3) is 0.318. The van der Waals surface area contributed by atoms with E-state index in [2.05, 4.69) is 32.7 Å². The van der Waals surface area contributed by atoms with Gasteiger partial charge < -0.3 is 14.8 Å². The van der Waals surface area contributed by atoms with Gasteiger partial charge in [-0.1, -0.05) is 51.1 Å². The lowest BCUT2D eigenvalue weighted by Gasteiger charge is -2.23. The third kappa shape index (κ3) is 5.12. The summed E-state index contributed by atoms with van der Waals surface area (Å²) in [4.78, 5) is 12.3. The largest absolute Gasteiger partial charge is 0.493 e. The van der Waals surface area contributed by atoms with E-state index in [0.29, 0.717) is 11.5 Å². The van der Waals surface area contributed by atoms with Crippen molar-refractivity contribution in [1.29, 1.82) is 0 Å². The fourth-order valence-corrected chi connectivity index (χ4v) is 2.70. The van der Waals surface area contributed by atoms with Gasteiger partial charge in [-0.25, -0.2) is 0 Å². The van der Waals surface area contributed by atoms with Gasteiger partial charge in [-0.15, -0.1) is 6.58 Å². The molecule has 138 valence electrons. The van der Waals surface area contributed by atoms with Crippen molar-refractivity contribution in [3.05, 3.63) is 66.2 Å². The van der Waals surface area contributed by atoms with Gasteiger partial charge in [0.15, 0.2) is 18.1 Å². The molecule has 26 heavy (non-hydrogen) atoms. The molecule has 0 heterocycles. The van der Waals surface area contributed by atoms with E-state index in [-0.39, 0.29) is 17.9 Å². The van der Waals surface area contributed by atoms with Gasteiger partial charge >= 0.3 is 0 Å². The van der Waals surface area contributed by atoms with Crippen molar-refractivity contribution in [3.63, 3.8) is 0 Å². The Bertz CT molecular complexity index is 775. The zero-order chi connectivity index (χ0) is 19.2. The van der Waals surface area contributed by atoms with Crippen LogP contribution in [0.5, 0.6) is 11.5 Å². The predicted molar refractivity (Wildman–Crippen MR) is 106 cm³/mol. The Kier molecular flexibility index (Phi) is 6.45. The number of ether oxygens (including phenoxy) is 2. The Morgan fingerprint density at radius 3 is 2.54 bits per heavy atom. The maximum atomic E-state index is 12.3. The average Bonchev–Trinajstić information content (AvgIpc) is 2.60. The van der Waals surface area contributed by atoms with E-state index < -0.39 is 0 Å². The monoisotopic (exact) mass is 353 g/mol. The molecule has 0 aliphatic carbocycles. The Hall–Kier alpha value is -2.75. The van der Waals surface area contributed by atoms with Gasteiger partial charge in [-0.05, 0) is 41.2 Å². The van der Waals surface area contributed by atoms with Crippen LogP contribution in [0.4, 0.5) is 5.69 Å². The summed E-state index contributed by atoms with van der Waals surface area (Å²) >= 11 is 0. The standard InChI is InChI=1S/C22H27NO3/c1-6-9-16-12-13-19(20(14-16)25-5)26-15-21(24)23-18-11-8-7-10-17(18)22(2,3)4/h6-8,10-14H,1,9,15H2,2-5H3,(H,23,24). The maximum absolute atomic E-state index is 12.3. The number of carbonyl (C=O) groups is 1. The fourth-order valence-electron chi connectivity index (χ4n) is 2.70. The molecule has 4 nitrogen and oxygen atoms in total. The van der Waals surface area contributed by atoms with Crippen LogP contribution in [0.2, 0.25) is 0 Å². The van der Waals surface area contributed by atoms with Crippen LogP contribution in [-0.4, -0.2) is 19.6 Å². The molecule has 1 amide bonds. The molecule has 0 spiro atoms.